The average Bonchev–Trinajstić information content (AvgIpc) is 3.00. The predicted octanol–water partition coefficient (Wildman–Crippen LogP) is 1.36. The first-order valence-electron chi connectivity index (χ1n) is 8.81. The second kappa shape index (κ2) is 8.26. The van der Waals surface area contributed by atoms with Gasteiger partial charge in [-0.05, 0) is 29.7 Å². The van der Waals surface area contributed by atoms with Gasteiger partial charge in [-0.25, -0.2) is 8.42 Å². The number of nitrogen functional groups attached to an aromatic ring is 1. The van der Waals surface area contributed by atoms with E-state index in [0.29, 0.717) is 25.1 Å². The SMILES string of the molecule is N=C(N)c1cccc(CN2CC=C(NS(=O)(=O)CCc3ccccc3)C2=O)c1. The number of amides is 1. The first-order valence-corrected chi connectivity index (χ1v) is 10.5. The number of rotatable bonds is 8. The number of hydrogen-bond acceptors (Lipinski definition) is 4. The van der Waals surface area contributed by atoms with Crippen molar-refractivity contribution in [2.45, 2.75) is 13.0 Å². The van der Waals surface area contributed by atoms with Crippen LogP contribution in [0.4, 0.5) is 0 Å². The Morgan fingerprint density at radius 3 is 2.54 bits per heavy atom. The molecule has 28 heavy (non-hydrogen) atoms. The Morgan fingerprint density at radius 1 is 1.11 bits per heavy atom. The van der Waals surface area contributed by atoms with Crippen LogP contribution in [0.2, 0.25) is 0 Å². The minimum atomic E-state index is -3.62. The maximum absolute atomic E-state index is 12.5. The number of nitrogens with zero attached hydrogens (tertiary/aromatic N) is 1. The highest BCUT2D eigenvalue weighted by molar-refractivity contribution is 7.89. The van der Waals surface area contributed by atoms with Crippen molar-refractivity contribution in [1.29, 1.82) is 5.41 Å². The van der Waals surface area contributed by atoms with Crippen molar-refractivity contribution < 1.29 is 13.2 Å². The van der Waals surface area contributed by atoms with E-state index in [2.05, 4.69) is 4.72 Å². The van der Waals surface area contributed by atoms with Crippen LogP contribution in [0.5, 0.6) is 0 Å². The molecule has 4 N–H and O–H groups in total. The summed E-state index contributed by atoms with van der Waals surface area (Å²) in [4.78, 5) is 14.1. The Kier molecular flexibility index (Phi) is 5.79. The summed E-state index contributed by atoms with van der Waals surface area (Å²) >= 11 is 0. The predicted molar refractivity (Wildman–Crippen MR) is 108 cm³/mol. The van der Waals surface area contributed by atoms with Crippen LogP contribution in [0.15, 0.2) is 66.4 Å². The van der Waals surface area contributed by atoms with Gasteiger partial charge in [0.1, 0.15) is 11.5 Å². The average molecular weight is 398 g/mol. The molecular weight excluding hydrogens is 376 g/mol. The molecule has 7 nitrogen and oxygen atoms in total. The molecule has 3 rings (SSSR count). The molecule has 1 heterocycles. The van der Waals surface area contributed by atoms with Crippen molar-refractivity contribution >= 4 is 21.8 Å². The molecule has 0 unspecified atom stereocenters. The normalized spacial score (nSPS) is 14.1. The molecule has 0 fully saturated rings. The van der Waals surface area contributed by atoms with Gasteiger partial charge >= 0.3 is 0 Å². The molecule has 8 heteroatoms. The van der Waals surface area contributed by atoms with E-state index in [1.165, 1.54) is 4.90 Å². The molecule has 0 bridgehead atoms. The molecule has 2 aromatic carbocycles. The maximum Gasteiger partial charge on any atom is 0.271 e. The van der Waals surface area contributed by atoms with Crippen molar-refractivity contribution in [2.75, 3.05) is 12.3 Å². The molecule has 1 amide bonds. The lowest BCUT2D eigenvalue weighted by Gasteiger charge is -2.17. The number of aryl methyl sites for hydroxylation is 1. The van der Waals surface area contributed by atoms with Gasteiger partial charge in [0, 0.05) is 18.7 Å². The molecule has 2 aromatic rings. The molecule has 1 aliphatic rings. The van der Waals surface area contributed by atoms with Crippen molar-refractivity contribution in [3.8, 4) is 0 Å². The van der Waals surface area contributed by atoms with Crippen LogP contribution >= 0.6 is 0 Å². The summed E-state index contributed by atoms with van der Waals surface area (Å²) in [5.74, 6) is -0.501. The van der Waals surface area contributed by atoms with Gasteiger partial charge < -0.3 is 10.6 Å². The van der Waals surface area contributed by atoms with Crippen LogP contribution in [0.3, 0.4) is 0 Å². The number of benzene rings is 2. The topological polar surface area (TPSA) is 116 Å². The summed E-state index contributed by atoms with van der Waals surface area (Å²) in [6, 6.07) is 16.4. The molecule has 0 atom stereocenters. The third-order valence-corrected chi connectivity index (χ3v) is 5.69. The van der Waals surface area contributed by atoms with Gasteiger partial charge in [0.05, 0.1) is 5.75 Å². The lowest BCUT2D eigenvalue weighted by Crippen LogP contribution is -2.34. The highest BCUT2D eigenvalue weighted by atomic mass is 32.2. The van der Waals surface area contributed by atoms with E-state index >= 15 is 0 Å². The van der Waals surface area contributed by atoms with E-state index in [1.807, 2.05) is 36.4 Å². The first-order chi connectivity index (χ1) is 13.3. The lowest BCUT2D eigenvalue weighted by molar-refractivity contribution is -0.126. The molecule has 146 valence electrons. The van der Waals surface area contributed by atoms with Crippen LogP contribution in [-0.2, 0) is 27.8 Å². The van der Waals surface area contributed by atoms with Gasteiger partial charge in [0.15, 0.2) is 0 Å². The number of carbonyl (C=O) groups excluding carboxylic acids is 1. The summed E-state index contributed by atoms with van der Waals surface area (Å²) in [7, 11) is -3.62. The van der Waals surface area contributed by atoms with Gasteiger partial charge in [-0.15, -0.1) is 0 Å². The maximum atomic E-state index is 12.5. The lowest BCUT2D eigenvalue weighted by atomic mass is 10.1. The van der Waals surface area contributed by atoms with E-state index in [-0.39, 0.29) is 23.2 Å². The Hall–Kier alpha value is -3.13. The highest BCUT2D eigenvalue weighted by Crippen LogP contribution is 2.15. The molecule has 0 aliphatic carbocycles. The summed E-state index contributed by atoms with van der Waals surface area (Å²) in [5.41, 5.74) is 7.90. The summed E-state index contributed by atoms with van der Waals surface area (Å²) in [6.45, 7) is 0.630. The number of carbonyl (C=O) groups is 1. The number of nitrogens with one attached hydrogen (secondary N) is 2. The Bertz CT molecular complexity index is 1020. The van der Waals surface area contributed by atoms with Crippen LogP contribution in [0.25, 0.3) is 0 Å². The zero-order chi connectivity index (χ0) is 20.1. The van der Waals surface area contributed by atoms with E-state index in [0.717, 1.165) is 11.1 Å². The molecular formula is C20H22N4O3S. The van der Waals surface area contributed by atoms with Gasteiger partial charge in [0.25, 0.3) is 5.91 Å². The summed E-state index contributed by atoms with van der Waals surface area (Å²) < 4.78 is 27.1. The first kappa shape index (κ1) is 19.6. The second-order valence-corrected chi connectivity index (χ2v) is 8.42. The minimum absolute atomic E-state index is 0.0420. The quantitative estimate of drug-likeness (QED) is 0.460. The van der Waals surface area contributed by atoms with Crippen molar-refractivity contribution in [2.24, 2.45) is 5.73 Å². The van der Waals surface area contributed by atoms with Crippen molar-refractivity contribution in [1.82, 2.24) is 9.62 Å². The third kappa shape index (κ3) is 4.98. The van der Waals surface area contributed by atoms with Gasteiger partial charge in [0.2, 0.25) is 10.0 Å². The second-order valence-electron chi connectivity index (χ2n) is 6.57. The smallest absolute Gasteiger partial charge is 0.271 e. The Morgan fingerprint density at radius 2 is 1.82 bits per heavy atom. The molecule has 0 aromatic heterocycles. The number of amidine groups is 1. The number of hydrogen-bond donors (Lipinski definition) is 3. The van der Waals surface area contributed by atoms with Crippen LogP contribution in [-0.4, -0.2) is 37.4 Å². The zero-order valence-electron chi connectivity index (χ0n) is 15.3. The molecule has 0 saturated carbocycles. The highest BCUT2D eigenvalue weighted by Gasteiger charge is 2.27. The number of nitrogens with two attached hydrogens (primary N) is 1. The zero-order valence-corrected chi connectivity index (χ0v) is 16.1. The molecule has 1 aliphatic heterocycles. The van der Waals surface area contributed by atoms with Crippen LogP contribution < -0.4 is 10.5 Å². The monoisotopic (exact) mass is 398 g/mol. The van der Waals surface area contributed by atoms with Crippen LogP contribution in [0.1, 0.15) is 16.7 Å². The largest absolute Gasteiger partial charge is 0.384 e. The Balaban J connectivity index is 1.59. The molecule has 0 radical (unpaired) electrons. The van der Waals surface area contributed by atoms with Gasteiger partial charge in [-0.3, -0.25) is 14.9 Å². The van der Waals surface area contributed by atoms with Gasteiger partial charge in [-0.1, -0.05) is 48.5 Å². The fourth-order valence-electron chi connectivity index (χ4n) is 2.94. The van der Waals surface area contributed by atoms with Gasteiger partial charge in [-0.2, -0.15) is 0 Å². The van der Waals surface area contributed by atoms with Crippen molar-refractivity contribution in [3.63, 3.8) is 0 Å². The molecule has 0 saturated heterocycles. The molecule has 0 spiro atoms. The fourth-order valence-corrected chi connectivity index (χ4v) is 4.05. The summed E-state index contributed by atoms with van der Waals surface area (Å²) in [5, 5.41) is 7.50. The standard InChI is InChI=1S/C20H22N4O3S/c21-19(22)17-8-4-7-16(13-17)14-24-11-9-18(20(24)25)23-28(26,27)12-10-15-5-2-1-3-6-15/h1-9,13,23H,10-12,14H2,(H3,21,22). The Labute approximate surface area is 164 Å². The van der Waals surface area contributed by atoms with E-state index in [1.54, 1.807) is 24.3 Å². The van der Waals surface area contributed by atoms with Crippen LogP contribution in [0, 0.1) is 5.41 Å². The number of sulfonamides is 1. The van der Waals surface area contributed by atoms with Crippen molar-refractivity contribution in [3.05, 3.63) is 83.1 Å². The van der Waals surface area contributed by atoms with E-state index in [9.17, 15) is 13.2 Å². The fraction of sp³-hybridized carbons (Fsp3) is 0.200. The summed E-state index contributed by atoms with van der Waals surface area (Å²) in [6.07, 6.45) is 1.95. The van der Waals surface area contributed by atoms with E-state index in [4.69, 9.17) is 11.1 Å². The minimum Gasteiger partial charge on any atom is -0.384 e. The van der Waals surface area contributed by atoms with E-state index < -0.39 is 10.0 Å². The third-order valence-electron chi connectivity index (χ3n) is 4.41.